The van der Waals surface area contributed by atoms with Crippen molar-refractivity contribution in [3.63, 3.8) is 0 Å². The molecule has 1 saturated carbocycles. The van der Waals surface area contributed by atoms with Gasteiger partial charge in [-0.2, -0.15) is 4.98 Å². The lowest BCUT2D eigenvalue weighted by Gasteiger charge is -2.33. The zero-order valence-electron chi connectivity index (χ0n) is 19.8. The number of carbonyl (C=O) groups is 2. The highest BCUT2D eigenvalue weighted by atomic mass is 16.5. The number of fused-ring (bicyclic) bond motifs is 1. The maximum atomic E-state index is 13.4. The van der Waals surface area contributed by atoms with E-state index in [2.05, 4.69) is 27.6 Å². The van der Waals surface area contributed by atoms with Crippen molar-refractivity contribution < 1.29 is 14.1 Å². The summed E-state index contributed by atoms with van der Waals surface area (Å²) in [5, 5.41) is 7.25. The Hall–Kier alpha value is -2.70. The highest BCUT2D eigenvalue weighted by molar-refractivity contribution is 5.82. The maximum absolute atomic E-state index is 13.4. The van der Waals surface area contributed by atoms with Crippen molar-refractivity contribution >= 4 is 11.8 Å². The maximum Gasteiger partial charge on any atom is 0.229 e. The predicted molar refractivity (Wildman–Crippen MR) is 126 cm³/mol. The standard InChI is InChI=1S/C26H36N4O3/c1-18(2)24-28-26(33-29-24)20-16-21-22(17-20)30(15-9-4-3-8-14-27-25(21)32)23(31)13-12-19-10-6-5-7-11-19/h5-7,10-11,18,20-22H,3-4,8-9,12-17H2,1-2H3,(H,27,32). The van der Waals surface area contributed by atoms with Crippen LogP contribution in [0, 0.1) is 5.92 Å². The molecule has 1 aromatic carbocycles. The lowest BCUT2D eigenvalue weighted by molar-refractivity contribution is -0.136. The van der Waals surface area contributed by atoms with Crippen LogP contribution in [-0.4, -0.2) is 46.0 Å². The van der Waals surface area contributed by atoms with Crippen LogP contribution in [0.15, 0.2) is 34.9 Å². The Morgan fingerprint density at radius 1 is 1.15 bits per heavy atom. The number of rotatable bonds is 5. The van der Waals surface area contributed by atoms with Gasteiger partial charge in [-0.15, -0.1) is 0 Å². The van der Waals surface area contributed by atoms with Gasteiger partial charge >= 0.3 is 0 Å². The van der Waals surface area contributed by atoms with Gasteiger partial charge < -0.3 is 14.7 Å². The highest BCUT2D eigenvalue weighted by Crippen LogP contribution is 2.41. The Morgan fingerprint density at radius 2 is 1.94 bits per heavy atom. The fourth-order valence-electron chi connectivity index (χ4n) is 5.11. The van der Waals surface area contributed by atoms with Gasteiger partial charge in [-0.25, -0.2) is 0 Å². The smallest absolute Gasteiger partial charge is 0.229 e. The lowest BCUT2D eigenvalue weighted by Crippen LogP contribution is -2.47. The molecule has 178 valence electrons. The summed E-state index contributed by atoms with van der Waals surface area (Å²) in [6.45, 7) is 5.48. The second kappa shape index (κ2) is 10.9. The molecule has 4 rings (SSSR count). The van der Waals surface area contributed by atoms with E-state index in [1.807, 2.05) is 36.9 Å². The molecule has 1 aromatic heterocycles. The Balaban J connectivity index is 1.54. The third-order valence-electron chi connectivity index (χ3n) is 7.00. The summed E-state index contributed by atoms with van der Waals surface area (Å²) < 4.78 is 5.59. The molecule has 2 amide bonds. The third kappa shape index (κ3) is 5.81. The van der Waals surface area contributed by atoms with E-state index in [1.165, 1.54) is 0 Å². The Morgan fingerprint density at radius 3 is 2.70 bits per heavy atom. The van der Waals surface area contributed by atoms with Crippen LogP contribution < -0.4 is 5.32 Å². The topological polar surface area (TPSA) is 88.3 Å². The third-order valence-corrected chi connectivity index (χ3v) is 7.00. The van der Waals surface area contributed by atoms with Crippen LogP contribution in [0.2, 0.25) is 0 Å². The number of amides is 2. The molecule has 0 spiro atoms. The van der Waals surface area contributed by atoms with Gasteiger partial charge in [0.15, 0.2) is 5.82 Å². The second-order valence-electron chi connectivity index (χ2n) is 9.77. The van der Waals surface area contributed by atoms with Crippen molar-refractivity contribution in [2.24, 2.45) is 5.92 Å². The van der Waals surface area contributed by atoms with Crippen molar-refractivity contribution in [2.45, 2.75) is 83.1 Å². The van der Waals surface area contributed by atoms with Gasteiger partial charge in [-0.3, -0.25) is 9.59 Å². The molecule has 1 saturated heterocycles. The van der Waals surface area contributed by atoms with Crippen molar-refractivity contribution in [1.29, 1.82) is 0 Å². The number of carbonyl (C=O) groups excluding carboxylic acids is 2. The first kappa shape index (κ1) is 23.5. The van der Waals surface area contributed by atoms with E-state index in [1.54, 1.807) is 0 Å². The molecule has 33 heavy (non-hydrogen) atoms. The van der Waals surface area contributed by atoms with Gasteiger partial charge in [-0.1, -0.05) is 62.2 Å². The summed E-state index contributed by atoms with van der Waals surface area (Å²) in [7, 11) is 0. The van der Waals surface area contributed by atoms with Crippen LogP contribution in [-0.2, 0) is 16.0 Å². The van der Waals surface area contributed by atoms with Gasteiger partial charge in [0.2, 0.25) is 17.7 Å². The molecule has 3 atom stereocenters. The molecule has 2 fully saturated rings. The molecule has 1 aliphatic heterocycles. The zero-order chi connectivity index (χ0) is 23.2. The molecule has 0 radical (unpaired) electrons. The average molecular weight is 453 g/mol. The van der Waals surface area contributed by atoms with Gasteiger partial charge in [0.1, 0.15) is 0 Å². The molecule has 2 aromatic rings. The van der Waals surface area contributed by atoms with Crippen LogP contribution in [0.3, 0.4) is 0 Å². The molecule has 2 aliphatic rings. The summed E-state index contributed by atoms with van der Waals surface area (Å²) >= 11 is 0. The highest BCUT2D eigenvalue weighted by Gasteiger charge is 2.45. The van der Waals surface area contributed by atoms with Crippen LogP contribution in [0.5, 0.6) is 0 Å². The van der Waals surface area contributed by atoms with Crippen LogP contribution in [0.25, 0.3) is 0 Å². The Bertz CT molecular complexity index is 927. The van der Waals surface area contributed by atoms with Crippen LogP contribution in [0.1, 0.15) is 87.9 Å². The molecular formula is C26H36N4O3. The van der Waals surface area contributed by atoms with E-state index in [0.717, 1.165) is 31.2 Å². The van der Waals surface area contributed by atoms with E-state index < -0.39 is 0 Å². The summed E-state index contributed by atoms with van der Waals surface area (Å²) in [4.78, 5) is 33.2. The zero-order valence-corrected chi connectivity index (χ0v) is 19.8. The van der Waals surface area contributed by atoms with Crippen molar-refractivity contribution in [1.82, 2.24) is 20.4 Å². The summed E-state index contributed by atoms with van der Waals surface area (Å²) in [6.07, 6.45) is 6.59. The quantitative estimate of drug-likeness (QED) is 0.734. The number of hydrogen-bond acceptors (Lipinski definition) is 5. The predicted octanol–water partition coefficient (Wildman–Crippen LogP) is 4.21. The van der Waals surface area contributed by atoms with Crippen molar-refractivity contribution in [3.8, 4) is 0 Å². The van der Waals surface area contributed by atoms with Gasteiger partial charge in [0, 0.05) is 37.4 Å². The van der Waals surface area contributed by atoms with E-state index in [0.29, 0.717) is 50.5 Å². The van der Waals surface area contributed by atoms with E-state index in [9.17, 15) is 9.59 Å². The number of aryl methyl sites for hydroxylation is 1. The largest absolute Gasteiger partial charge is 0.356 e. The minimum absolute atomic E-state index is 0.00175. The van der Waals surface area contributed by atoms with Crippen LogP contribution >= 0.6 is 0 Å². The molecule has 3 unspecified atom stereocenters. The first-order valence-electron chi connectivity index (χ1n) is 12.5. The second-order valence-corrected chi connectivity index (χ2v) is 9.77. The Labute approximate surface area is 196 Å². The molecule has 0 bridgehead atoms. The number of aromatic nitrogens is 2. The molecule has 7 heteroatoms. The van der Waals surface area contributed by atoms with Gasteiger partial charge in [0.25, 0.3) is 0 Å². The SMILES string of the molecule is CC(C)c1noc(C2CC3C(=O)NCCCCCCN(C(=O)CCc4ccccc4)C3C2)n1. The van der Waals surface area contributed by atoms with E-state index >= 15 is 0 Å². The average Bonchev–Trinajstić information content (AvgIpc) is 3.47. The first-order chi connectivity index (χ1) is 16.0. The minimum atomic E-state index is -0.247. The summed E-state index contributed by atoms with van der Waals surface area (Å²) in [5.41, 5.74) is 1.16. The summed E-state index contributed by atoms with van der Waals surface area (Å²) in [6, 6.07) is 9.98. The molecule has 2 heterocycles. The summed E-state index contributed by atoms with van der Waals surface area (Å²) in [5.74, 6) is 1.42. The lowest BCUT2D eigenvalue weighted by atomic mass is 9.99. The monoisotopic (exact) mass is 452 g/mol. The fraction of sp³-hybridized carbons (Fsp3) is 0.615. The number of nitrogens with zero attached hydrogens (tertiary/aromatic N) is 3. The molecule has 1 N–H and O–H groups in total. The van der Waals surface area contributed by atoms with Crippen molar-refractivity contribution in [3.05, 3.63) is 47.6 Å². The number of hydrogen-bond donors (Lipinski definition) is 1. The number of nitrogens with one attached hydrogen (secondary N) is 1. The first-order valence-corrected chi connectivity index (χ1v) is 12.5. The Kier molecular flexibility index (Phi) is 7.78. The van der Waals surface area contributed by atoms with Crippen molar-refractivity contribution in [2.75, 3.05) is 13.1 Å². The molecule has 7 nitrogen and oxygen atoms in total. The van der Waals surface area contributed by atoms with E-state index in [-0.39, 0.29) is 35.6 Å². The van der Waals surface area contributed by atoms with Crippen LogP contribution in [0.4, 0.5) is 0 Å². The molecular weight excluding hydrogens is 416 g/mol. The fourth-order valence-corrected chi connectivity index (χ4v) is 5.11. The van der Waals surface area contributed by atoms with Gasteiger partial charge in [0.05, 0.1) is 5.92 Å². The minimum Gasteiger partial charge on any atom is -0.356 e. The van der Waals surface area contributed by atoms with E-state index in [4.69, 9.17) is 4.52 Å². The normalized spacial score (nSPS) is 24.3. The number of benzene rings is 1. The van der Waals surface area contributed by atoms with Gasteiger partial charge in [-0.05, 0) is 37.7 Å². The molecule has 1 aliphatic carbocycles.